The van der Waals surface area contributed by atoms with Crippen LogP contribution in [-0.4, -0.2) is 35.0 Å². The van der Waals surface area contributed by atoms with Crippen molar-refractivity contribution in [2.45, 2.75) is 44.6 Å². The van der Waals surface area contributed by atoms with E-state index in [0.717, 1.165) is 19.3 Å². The van der Waals surface area contributed by atoms with E-state index in [2.05, 4.69) is 17.6 Å². The number of ether oxygens (including phenoxy) is 1. The minimum absolute atomic E-state index is 0.102. The van der Waals surface area contributed by atoms with Crippen LogP contribution >= 0.6 is 0 Å². The lowest BCUT2D eigenvalue weighted by molar-refractivity contribution is -0.146. The number of rotatable bonds is 4. The Morgan fingerprint density at radius 3 is 2.72 bits per heavy atom. The smallest absolute Gasteiger partial charge is 0.329 e. The van der Waals surface area contributed by atoms with Crippen molar-refractivity contribution in [3.63, 3.8) is 0 Å². The molecule has 3 rings (SSSR count). The highest BCUT2D eigenvalue weighted by molar-refractivity contribution is 6.00. The number of benzene rings is 1. The summed E-state index contributed by atoms with van der Waals surface area (Å²) in [6, 6.07) is 4.66. The molecular weight excluding hydrogens is 324 g/mol. The normalized spacial score (nSPS) is 25.3. The molecule has 1 aromatic carbocycles. The number of carbonyl (C=O) groups excluding carboxylic acids is 2. The minimum Gasteiger partial charge on any atom is -0.482 e. The molecule has 25 heavy (non-hydrogen) atoms. The number of carbonyl (C=O) groups is 3. The van der Waals surface area contributed by atoms with Crippen molar-refractivity contribution in [1.82, 2.24) is 5.32 Å². The third-order valence-corrected chi connectivity index (χ3v) is 5.17. The molecule has 0 atom stereocenters. The zero-order valence-corrected chi connectivity index (χ0v) is 14.1. The lowest BCUT2D eigenvalue weighted by Gasteiger charge is -2.37. The van der Waals surface area contributed by atoms with E-state index in [-0.39, 0.29) is 12.5 Å². The lowest BCUT2D eigenvalue weighted by atomic mass is 9.75. The van der Waals surface area contributed by atoms with Crippen molar-refractivity contribution in [2.24, 2.45) is 5.92 Å². The topological polar surface area (TPSA) is 105 Å². The van der Waals surface area contributed by atoms with Gasteiger partial charge < -0.3 is 20.5 Å². The van der Waals surface area contributed by atoms with Crippen LogP contribution in [0.1, 0.15) is 49.4 Å². The van der Waals surface area contributed by atoms with Crippen molar-refractivity contribution >= 4 is 23.5 Å². The van der Waals surface area contributed by atoms with Gasteiger partial charge in [-0.1, -0.05) is 13.3 Å². The number of amides is 2. The van der Waals surface area contributed by atoms with E-state index in [1.165, 1.54) is 6.07 Å². The first-order valence-corrected chi connectivity index (χ1v) is 8.56. The van der Waals surface area contributed by atoms with Gasteiger partial charge in [-0.3, -0.25) is 9.59 Å². The molecule has 2 aliphatic rings. The molecule has 134 valence electrons. The second-order valence-electron chi connectivity index (χ2n) is 6.74. The van der Waals surface area contributed by atoms with E-state index < -0.39 is 17.4 Å². The van der Waals surface area contributed by atoms with Gasteiger partial charge in [0, 0.05) is 5.56 Å². The number of fused-ring (bicyclic) bond motifs is 1. The Labute approximate surface area is 145 Å². The standard InChI is InChI=1S/C18H22N2O5/c1-2-11-5-7-18(8-6-11,17(23)24)20-16(22)12-3-4-13-14(9-12)25-10-15(21)19-13/h3-4,9,11H,2,5-8,10H2,1H3,(H,19,21)(H,20,22)(H,23,24). The predicted molar refractivity (Wildman–Crippen MR) is 90.6 cm³/mol. The molecule has 3 N–H and O–H groups in total. The summed E-state index contributed by atoms with van der Waals surface area (Å²) in [5.74, 6) is -0.754. The van der Waals surface area contributed by atoms with Crippen LogP contribution in [0, 0.1) is 5.92 Å². The summed E-state index contributed by atoms with van der Waals surface area (Å²) in [6.07, 6.45) is 3.48. The van der Waals surface area contributed by atoms with Crippen LogP contribution in [0.4, 0.5) is 5.69 Å². The molecule has 1 aliphatic heterocycles. The molecule has 0 saturated heterocycles. The van der Waals surface area contributed by atoms with Crippen molar-refractivity contribution in [3.05, 3.63) is 23.8 Å². The molecule has 0 unspecified atom stereocenters. The Kier molecular flexibility index (Phi) is 4.65. The number of anilines is 1. The van der Waals surface area contributed by atoms with Gasteiger partial charge >= 0.3 is 5.97 Å². The number of hydrogen-bond donors (Lipinski definition) is 3. The quantitative estimate of drug-likeness (QED) is 0.775. The highest BCUT2D eigenvalue weighted by atomic mass is 16.5. The summed E-state index contributed by atoms with van der Waals surface area (Å²) >= 11 is 0. The van der Waals surface area contributed by atoms with Crippen LogP contribution < -0.4 is 15.4 Å². The number of carboxylic acids is 1. The van der Waals surface area contributed by atoms with Gasteiger partial charge in [0.15, 0.2) is 6.61 Å². The fourth-order valence-electron chi connectivity index (χ4n) is 3.48. The average molecular weight is 346 g/mol. The summed E-state index contributed by atoms with van der Waals surface area (Å²) in [5.41, 5.74) is -0.398. The molecule has 1 aromatic rings. The molecule has 0 spiro atoms. The third-order valence-electron chi connectivity index (χ3n) is 5.17. The molecule has 1 heterocycles. The largest absolute Gasteiger partial charge is 0.482 e. The Hall–Kier alpha value is -2.57. The minimum atomic E-state index is -1.21. The average Bonchev–Trinajstić information content (AvgIpc) is 2.61. The SMILES string of the molecule is CCC1CCC(NC(=O)c2ccc3c(c2)OCC(=O)N3)(C(=O)O)CC1. The summed E-state index contributed by atoms with van der Waals surface area (Å²) < 4.78 is 5.31. The van der Waals surface area contributed by atoms with E-state index in [1.54, 1.807) is 12.1 Å². The van der Waals surface area contributed by atoms with Gasteiger partial charge in [0.25, 0.3) is 11.8 Å². The van der Waals surface area contributed by atoms with Gasteiger partial charge in [0.2, 0.25) is 0 Å². The van der Waals surface area contributed by atoms with Crippen LogP contribution in [0.5, 0.6) is 5.75 Å². The highest BCUT2D eigenvalue weighted by Gasteiger charge is 2.43. The second-order valence-corrected chi connectivity index (χ2v) is 6.74. The first-order valence-electron chi connectivity index (χ1n) is 8.56. The second kappa shape index (κ2) is 6.74. The van der Waals surface area contributed by atoms with Crippen LogP contribution in [0.15, 0.2) is 18.2 Å². The molecule has 0 radical (unpaired) electrons. The lowest BCUT2D eigenvalue weighted by Crippen LogP contribution is -2.56. The Bertz CT molecular complexity index is 707. The van der Waals surface area contributed by atoms with Gasteiger partial charge in [-0.15, -0.1) is 0 Å². The summed E-state index contributed by atoms with van der Waals surface area (Å²) in [4.78, 5) is 35.7. The van der Waals surface area contributed by atoms with Crippen LogP contribution in [0.2, 0.25) is 0 Å². The molecule has 1 saturated carbocycles. The van der Waals surface area contributed by atoms with Crippen molar-refractivity contribution in [1.29, 1.82) is 0 Å². The molecule has 1 fully saturated rings. The summed E-state index contributed by atoms with van der Waals surface area (Å²) in [7, 11) is 0. The molecule has 7 nitrogen and oxygen atoms in total. The molecular formula is C18H22N2O5. The monoisotopic (exact) mass is 346 g/mol. The number of aliphatic carboxylic acids is 1. The van der Waals surface area contributed by atoms with Gasteiger partial charge in [0.05, 0.1) is 5.69 Å². The zero-order chi connectivity index (χ0) is 18.0. The van der Waals surface area contributed by atoms with E-state index in [9.17, 15) is 19.5 Å². The van der Waals surface area contributed by atoms with E-state index in [1.807, 2.05) is 0 Å². The number of carboxylic acid groups (broad SMARTS) is 1. The first kappa shape index (κ1) is 17.3. The summed E-state index contributed by atoms with van der Waals surface area (Å²) in [5, 5.41) is 15.1. The fourth-order valence-corrected chi connectivity index (χ4v) is 3.48. The maximum absolute atomic E-state index is 12.6. The molecule has 0 aromatic heterocycles. The van der Waals surface area contributed by atoms with Gasteiger partial charge in [-0.2, -0.15) is 0 Å². The van der Waals surface area contributed by atoms with Gasteiger partial charge in [-0.25, -0.2) is 4.79 Å². The first-order chi connectivity index (χ1) is 11.9. The predicted octanol–water partition coefficient (Wildman–Crippen LogP) is 2.17. The van der Waals surface area contributed by atoms with Crippen molar-refractivity contribution in [3.8, 4) is 5.75 Å². The van der Waals surface area contributed by atoms with Crippen molar-refractivity contribution in [2.75, 3.05) is 11.9 Å². The molecule has 1 aliphatic carbocycles. The molecule has 0 bridgehead atoms. The van der Waals surface area contributed by atoms with E-state index >= 15 is 0 Å². The maximum atomic E-state index is 12.6. The van der Waals surface area contributed by atoms with Crippen LogP contribution in [0.25, 0.3) is 0 Å². The van der Waals surface area contributed by atoms with Crippen LogP contribution in [0.3, 0.4) is 0 Å². The fraction of sp³-hybridized carbons (Fsp3) is 0.500. The van der Waals surface area contributed by atoms with Crippen LogP contribution in [-0.2, 0) is 9.59 Å². The van der Waals surface area contributed by atoms with E-state index in [0.29, 0.717) is 35.8 Å². The number of hydrogen-bond acceptors (Lipinski definition) is 4. The molecule has 2 amide bonds. The third kappa shape index (κ3) is 3.45. The maximum Gasteiger partial charge on any atom is 0.329 e. The van der Waals surface area contributed by atoms with Crippen molar-refractivity contribution < 1.29 is 24.2 Å². The highest BCUT2D eigenvalue weighted by Crippen LogP contribution is 2.35. The molecule has 7 heteroatoms. The Morgan fingerprint density at radius 1 is 1.36 bits per heavy atom. The summed E-state index contributed by atoms with van der Waals surface area (Å²) in [6.45, 7) is 2.00. The van der Waals surface area contributed by atoms with E-state index in [4.69, 9.17) is 4.74 Å². The number of nitrogens with one attached hydrogen (secondary N) is 2. The van der Waals surface area contributed by atoms with Gasteiger partial charge in [-0.05, 0) is 49.8 Å². The zero-order valence-electron chi connectivity index (χ0n) is 14.1. The Morgan fingerprint density at radius 2 is 2.08 bits per heavy atom. The van der Waals surface area contributed by atoms with Gasteiger partial charge in [0.1, 0.15) is 11.3 Å². The Balaban J connectivity index is 1.76.